The van der Waals surface area contributed by atoms with Gasteiger partial charge in [0.25, 0.3) is 0 Å². The molecule has 3 aromatic heterocycles. The number of pyridine rings is 2. The summed E-state index contributed by atoms with van der Waals surface area (Å²) in [6.07, 6.45) is 4.35. The van der Waals surface area contributed by atoms with Crippen molar-refractivity contribution < 1.29 is 4.42 Å². The second-order valence-corrected chi connectivity index (χ2v) is 16.5. The van der Waals surface area contributed by atoms with E-state index < -0.39 is 0 Å². The van der Waals surface area contributed by atoms with E-state index in [0.29, 0.717) is 0 Å². The normalized spacial score (nSPS) is 13.6. The molecule has 0 spiro atoms. The van der Waals surface area contributed by atoms with Gasteiger partial charge in [-0.05, 0) is 74.8 Å². The van der Waals surface area contributed by atoms with Crippen LogP contribution in [-0.4, -0.2) is 9.97 Å². The Hall–Kier alpha value is -8.34. The number of hydrogen-bond acceptors (Lipinski definition) is 3. The molecule has 0 saturated carbocycles. The van der Waals surface area contributed by atoms with Crippen LogP contribution in [0, 0.1) is 0 Å². The maximum atomic E-state index is 6.59. The predicted octanol–water partition coefficient (Wildman–Crippen LogP) is 16.4. The zero-order chi connectivity index (χ0) is 41.4. The summed E-state index contributed by atoms with van der Waals surface area (Å²) in [4.78, 5) is 10.6. The molecule has 9 aromatic carbocycles. The average Bonchev–Trinajstić information content (AvgIpc) is 3.73. The van der Waals surface area contributed by atoms with Gasteiger partial charge in [-0.15, -0.1) is 5.69 Å². The van der Waals surface area contributed by atoms with E-state index in [1.165, 1.54) is 27.3 Å². The van der Waals surface area contributed by atoms with Crippen LogP contribution >= 0.6 is 0 Å². The van der Waals surface area contributed by atoms with Crippen LogP contribution in [0.5, 0.6) is 0 Å². The van der Waals surface area contributed by atoms with E-state index in [2.05, 4.69) is 200 Å². The summed E-state index contributed by atoms with van der Waals surface area (Å²) < 4.78 is 6.59. The van der Waals surface area contributed by atoms with E-state index in [4.69, 9.17) is 19.7 Å². The Kier molecular flexibility index (Phi) is 7.94. The Morgan fingerprint density at radius 2 is 1.11 bits per heavy atom. The van der Waals surface area contributed by atoms with Gasteiger partial charge in [0.15, 0.2) is 0 Å². The highest BCUT2D eigenvalue weighted by Crippen LogP contribution is 2.47. The molecule has 1 atom stereocenters. The fraction of sp³-hybridized carbons (Fsp3) is 0.0169. The van der Waals surface area contributed by atoms with E-state index in [9.17, 15) is 0 Å². The molecule has 63 heavy (non-hydrogen) atoms. The highest BCUT2D eigenvalue weighted by atomic mass is 16.3. The van der Waals surface area contributed by atoms with Crippen molar-refractivity contribution in [1.29, 1.82) is 0 Å². The van der Waals surface area contributed by atoms with Crippen molar-refractivity contribution >= 4 is 77.1 Å². The third kappa shape index (κ3) is 5.84. The number of nitrogens with zero attached hydrogens (tertiary/aromatic N) is 3. The first-order chi connectivity index (χ1) is 31.2. The Balaban J connectivity index is 0.870. The standard InChI is InChI=1S/C59H36N3O/c1-3-11-37(12-4-1)49-31-29-40-23-24-41-30-32-50(61-59(41)58(40)60-49)45-28-27-43-33-42(25-26-44(43)34-45)36-19-21-39(22-20-36)57-48-35-53-56(47-16-8-10-18-52(47)63-53)54(38-13-5-2-6-14-38)55(48)46-15-7-9-17-51(46)62-57/h1-35,49H/q-1. The monoisotopic (exact) mass is 802 g/mol. The SMILES string of the molecule is C1=CC(c2ccccc2)[N-]c2c1ccc1ccc(-c3ccc4cc(-c5ccc(-c6nc7ccccc7c7c(-c8ccccc8)c8c(cc67)oc6ccccc68)cc5)ccc4c3)nc21. The van der Waals surface area contributed by atoms with Crippen LogP contribution in [0.25, 0.3) is 121 Å². The van der Waals surface area contributed by atoms with Crippen molar-refractivity contribution in [2.45, 2.75) is 6.04 Å². The molecule has 12 aromatic rings. The van der Waals surface area contributed by atoms with Crippen LogP contribution in [-0.2, 0) is 0 Å². The second kappa shape index (κ2) is 14.1. The van der Waals surface area contributed by atoms with Gasteiger partial charge in [0.05, 0.1) is 22.4 Å². The lowest BCUT2D eigenvalue weighted by Crippen LogP contribution is -1.98. The summed E-state index contributed by atoms with van der Waals surface area (Å²) in [7, 11) is 0. The lowest BCUT2D eigenvalue weighted by molar-refractivity contribution is 0.669. The van der Waals surface area contributed by atoms with Crippen molar-refractivity contribution in [1.82, 2.24) is 9.97 Å². The topological polar surface area (TPSA) is 53.0 Å². The molecule has 1 unspecified atom stereocenters. The van der Waals surface area contributed by atoms with Crippen molar-refractivity contribution in [2.75, 3.05) is 0 Å². The number of furan rings is 1. The third-order valence-electron chi connectivity index (χ3n) is 12.8. The minimum atomic E-state index is -0.0288. The van der Waals surface area contributed by atoms with Gasteiger partial charge in [0, 0.05) is 43.6 Å². The highest BCUT2D eigenvalue weighted by molar-refractivity contribution is 6.27. The second-order valence-electron chi connectivity index (χ2n) is 16.5. The molecule has 4 heterocycles. The molecule has 0 N–H and O–H groups in total. The summed E-state index contributed by atoms with van der Waals surface area (Å²) in [5, 5.41) is 14.2. The van der Waals surface area contributed by atoms with Crippen molar-refractivity contribution in [3.8, 4) is 44.8 Å². The molecule has 0 aliphatic carbocycles. The van der Waals surface area contributed by atoms with Crippen LogP contribution in [0.3, 0.4) is 0 Å². The lowest BCUT2D eigenvalue weighted by atomic mass is 9.89. The molecule has 4 heteroatoms. The minimum absolute atomic E-state index is 0.0288. The molecule has 1 aliphatic heterocycles. The van der Waals surface area contributed by atoms with Crippen LogP contribution < -0.4 is 0 Å². The van der Waals surface area contributed by atoms with Gasteiger partial charge < -0.3 is 9.73 Å². The van der Waals surface area contributed by atoms with Crippen molar-refractivity contribution in [2.24, 2.45) is 0 Å². The summed E-state index contributed by atoms with van der Waals surface area (Å²) in [6, 6.07) is 70.9. The molecule has 0 fully saturated rings. The number of aromatic nitrogens is 2. The Labute approximate surface area is 363 Å². The first-order valence-electron chi connectivity index (χ1n) is 21.5. The lowest BCUT2D eigenvalue weighted by Gasteiger charge is -2.37. The molecular formula is C59H36N3O-. The molecule has 294 valence electrons. The maximum Gasteiger partial charge on any atom is 0.136 e. The first kappa shape index (κ1) is 35.4. The number of hydrogen-bond donors (Lipinski definition) is 0. The fourth-order valence-corrected chi connectivity index (χ4v) is 9.67. The van der Waals surface area contributed by atoms with Gasteiger partial charge in [0.2, 0.25) is 0 Å². The highest BCUT2D eigenvalue weighted by Gasteiger charge is 2.21. The Bertz CT molecular complexity index is 3810. The number of para-hydroxylation sites is 2. The molecule has 0 bridgehead atoms. The van der Waals surface area contributed by atoms with Crippen LogP contribution in [0.4, 0.5) is 5.69 Å². The van der Waals surface area contributed by atoms with E-state index in [-0.39, 0.29) is 6.04 Å². The zero-order valence-electron chi connectivity index (χ0n) is 34.0. The molecular weight excluding hydrogens is 767 g/mol. The number of benzene rings is 9. The minimum Gasteiger partial charge on any atom is -0.673 e. The molecule has 0 radical (unpaired) electrons. The van der Waals surface area contributed by atoms with Crippen LogP contribution in [0.15, 0.2) is 211 Å². The summed E-state index contributed by atoms with van der Waals surface area (Å²) >= 11 is 0. The van der Waals surface area contributed by atoms with Gasteiger partial charge in [-0.2, -0.15) is 0 Å². The third-order valence-corrected chi connectivity index (χ3v) is 12.8. The first-order valence-corrected chi connectivity index (χ1v) is 21.5. The summed E-state index contributed by atoms with van der Waals surface area (Å²) in [5.74, 6) is 0. The van der Waals surface area contributed by atoms with Crippen LogP contribution in [0.1, 0.15) is 17.2 Å². The van der Waals surface area contributed by atoms with Crippen LogP contribution in [0.2, 0.25) is 0 Å². The predicted molar refractivity (Wildman–Crippen MR) is 262 cm³/mol. The van der Waals surface area contributed by atoms with Gasteiger partial charge in [-0.3, -0.25) is 0 Å². The van der Waals surface area contributed by atoms with E-state index in [0.717, 1.165) is 99.6 Å². The summed E-state index contributed by atoms with van der Waals surface area (Å²) in [5.41, 5.74) is 15.5. The Morgan fingerprint density at radius 1 is 0.444 bits per heavy atom. The van der Waals surface area contributed by atoms with E-state index in [1.807, 2.05) is 12.1 Å². The maximum absolute atomic E-state index is 6.59. The molecule has 4 nitrogen and oxygen atoms in total. The quantitative estimate of drug-likeness (QED) is 0.163. The molecule has 13 rings (SSSR count). The van der Waals surface area contributed by atoms with Crippen molar-refractivity contribution in [3.63, 3.8) is 0 Å². The molecule has 0 amide bonds. The van der Waals surface area contributed by atoms with Gasteiger partial charge in [-0.1, -0.05) is 188 Å². The Morgan fingerprint density at radius 3 is 1.95 bits per heavy atom. The average molecular weight is 803 g/mol. The molecule has 1 aliphatic rings. The van der Waals surface area contributed by atoms with E-state index in [1.54, 1.807) is 0 Å². The largest absolute Gasteiger partial charge is 0.673 e. The molecule has 0 saturated heterocycles. The van der Waals surface area contributed by atoms with Crippen molar-refractivity contribution in [3.05, 3.63) is 223 Å². The van der Waals surface area contributed by atoms with Gasteiger partial charge in [0.1, 0.15) is 11.2 Å². The number of fused-ring (bicyclic) bond motifs is 10. The van der Waals surface area contributed by atoms with Gasteiger partial charge in [-0.25, -0.2) is 9.97 Å². The number of rotatable bonds is 5. The fourth-order valence-electron chi connectivity index (χ4n) is 9.67. The summed E-state index contributed by atoms with van der Waals surface area (Å²) in [6.45, 7) is 0. The smallest absolute Gasteiger partial charge is 0.136 e. The zero-order valence-corrected chi connectivity index (χ0v) is 34.0. The van der Waals surface area contributed by atoms with E-state index >= 15 is 0 Å². The van der Waals surface area contributed by atoms with Gasteiger partial charge >= 0.3 is 0 Å².